The van der Waals surface area contributed by atoms with Crippen LogP contribution in [-0.4, -0.2) is 25.3 Å². The van der Waals surface area contributed by atoms with Gasteiger partial charge in [-0.3, -0.25) is 9.82 Å². The Bertz CT molecular complexity index is 455. The maximum atomic E-state index is 11.7. The molecule has 0 radical (unpaired) electrons. The first kappa shape index (κ1) is 13.5. The van der Waals surface area contributed by atoms with E-state index >= 15 is 0 Å². The van der Waals surface area contributed by atoms with E-state index in [1.165, 1.54) is 0 Å². The van der Waals surface area contributed by atoms with E-state index in [9.17, 15) is 8.42 Å². The lowest BCUT2D eigenvalue weighted by atomic mass is 10.2. The second-order valence-electron chi connectivity index (χ2n) is 4.53. The summed E-state index contributed by atoms with van der Waals surface area (Å²) in [6.45, 7) is 0. The van der Waals surface area contributed by atoms with Crippen LogP contribution in [-0.2, 0) is 21.3 Å². The number of pyridine rings is 1. The van der Waals surface area contributed by atoms with Crippen LogP contribution in [0.25, 0.3) is 0 Å². The molecule has 1 saturated carbocycles. The van der Waals surface area contributed by atoms with E-state index in [1.807, 2.05) is 12.1 Å². The van der Waals surface area contributed by atoms with Gasteiger partial charge in [0.2, 0.25) is 10.0 Å². The normalized spacial score (nSPS) is 17.1. The molecular formula is C12H18N2O3S. The number of hydrogen-bond donors (Lipinski definition) is 1. The first-order chi connectivity index (χ1) is 8.66. The molecule has 0 aromatic carbocycles. The summed E-state index contributed by atoms with van der Waals surface area (Å²) in [4.78, 5) is 11.3. The van der Waals surface area contributed by atoms with Gasteiger partial charge in [0, 0.05) is 12.4 Å². The lowest BCUT2D eigenvalue weighted by Gasteiger charge is -2.11. The molecule has 1 aromatic heterocycles. The van der Waals surface area contributed by atoms with Crippen molar-refractivity contribution >= 4 is 10.0 Å². The zero-order valence-electron chi connectivity index (χ0n) is 10.2. The Morgan fingerprint density at radius 2 is 1.94 bits per heavy atom. The Hall–Kier alpha value is -0.980. The third-order valence-corrected chi connectivity index (χ3v) is 4.14. The second kappa shape index (κ2) is 6.26. The molecule has 0 saturated heterocycles. The summed E-state index contributed by atoms with van der Waals surface area (Å²) in [5.41, 5.74) is 0.955. The van der Waals surface area contributed by atoms with Gasteiger partial charge in [0.15, 0.2) is 0 Å². The van der Waals surface area contributed by atoms with Gasteiger partial charge >= 0.3 is 0 Å². The topological polar surface area (TPSA) is 68.3 Å². The minimum absolute atomic E-state index is 0.0315. The molecule has 0 spiro atoms. The summed E-state index contributed by atoms with van der Waals surface area (Å²) in [7, 11) is -3.36. The van der Waals surface area contributed by atoms with Gasteiger partial charge in [-0.15, -0.1) is 0 Å². The average molecular weight is 270 g/mol. The first-order valence-corrected chi connectivity index (χ1v) is 7.85. The number of hydrogen-bond acceptors (Lipinski definition) is 4. The van der Waals surface area contributed by atoms with Gasteiger partial charge in [-0.1, -0.05) is 17.7 Å². The molecule has 0 amide bonds. The summed E-state index contributed by atoms with van der Waals surface area (Å²) >= 11 is 0. The maximum Gasteiger partial charge on any atom is 0.233 e. The van der Waals surface area contributed by atoms with Crippen molar-refractivity contribution in [2.75, 3.05) is 5.75 Å². The van der Waals surface area contributed by atoms with E-state index in [4.69, 9.17) is 4.84 Å². The van der Waals surface area contributed by atoms with E-state index in [-0.39, 0.29) is 11.9 Å². The summed E-state index contributed by atoms with van der Waals surface area (Å²) in [5.74, 6) is 0.0315. The van der Waals surface area contributed by atoms with Crippen molar-refractivity contribution in [3.63, 3.8) is 0 Å². The van der Waals surface area contributed by atoms with Crippen LogP contribution in [0.5, 0.6) is 0 Å². The smallest absolute Gasteiger partial charge is 0.233 e. The molecule has 1 fully saturated rings. The lowest BCUT2D eigenvalue weighted by Crippen LogP contribution is -2.31. The molecule has 6 heteroatoms. The van der Waals surface area contributed by atoms with Crippen molar-refractivity contribution in [3.8, 4) is 0 Å². The van der Waals surface area contributed by atoms with E-state index < -0.39 is 10.0 Å². The minimum atomic E-state index is -3.36. The zero-order valence-corrected chi connectivity index (χ0v) is 11.0. The lowest BCUT2D eigenvalue weighted by molar-refractivity contribution is 0.0224. The second-order valence-corrected chi connectivity index (χ2v) is 6.34. The third kappa shape index (κ3) is 4.36. The molecule has 1 N–H and O–H groups in total. The van der Waals surface area contributed by atoms with Crippen molar-refractivity contribution < 1.29 is 13.3 Å². The van der Waals surface area contributed by atoms with Crippen molar-refractivity contribution in [2.24, 2.45) is 0 Å². The highest BCUT2D eigenvalue weighted by Gasteiger charge is 2.19. The van der Waals surface area contributed by atoms with Gasteiger partial charge < -0.3 is 0 Å². The summed E-state index contributed by atoms with van der Waals surface area (Å²) in [6, 6.07) is 3.63. The zero-order chi connectivity index (χ0) is 12.8. The highest BCUT2D eigenvalue weighted by atomic mass is 32.2. The summed E-state index contributed by atoms with van der Waals surface area (Å²) < 4.78 is 23.4. The number of nitrogens with one attached hydrogen (secondary N) is 1. The van der Waals surface area contributed by atoms with Crippen LogP contribution >= 0.6 is 0 Å². The van der Waals surface area contributed by atoms with Crippen LogP contribution < -0.4 is 4.89 Å². The van der Waals surface area contributed by atoms with Gasteiger partial charge in [-0.25, -0.2) is 8.42 Å². The van der Waals surface area contributed by atoms with Gasteiger partial charge in [0.25, 0.3) is 0 Å². The van der Waals surface area contributed by atoms with E-state index in [1.54, 1.807) is 12.4 Å². The SMILES string of the molecule is O=S(=O)(CCc1ccncc1)NOC1CCCC1. The van der Waals surface area contributed by atoms with Gasteiger partial charge in [0.1, 0.15) is 0 Å². The number of rotatable bonds is 6. The largest absolute Gasteiger partial charge is 0.284 e. The van der Waals surface area contributed by atoms with Gasteiger partial charge in [-0.05, 0) is 37.0 Å². The number of sulfonamides is 1. The van der Waals surface area contributed by atoms with Crippen LogP contribution in [0.3, 0.4) is 0 Å². The van der Waals surface area contributed by atoms with Crippen molar-refractivity contribution in [1.82, 2.24) is 9.87 Å². The minimum Gasteiger partial charge on any atom is -0.284 e. The van der Waals surface area contributed by atoms with E-state index in [0.717, 1.165) is 31.2 Å². The molecule has 18 heavy (non-hydrogen) atoms. The molecule has 1 aliphatic rings. The molecule has 0 atom stereocenters. The highest BCUT2D eigenvalue weighted by molar-refractivity contribution is 7.89. The molecule has 0 bridgehead atoms. The van der Waals surface area contributed by atoms with Crippen molar-refractivity contribution in [1.29, 1.82) is 0 Å². The quantitative estimate of drug-likeness (QED) is 0.794. The fraction of sp³-hybridized carbons (Fsp3) is 0.583. The fourth-order valence-electron chi connectivity index (χ4n) is 1.99. The standard InChI is InChI=1S/C12H18N2O3S/c15-18(16,14-17-12-3-1-2-4-12)10-7-11-5-8-13-9-6-11/h5-6,8-9,12,14H,1-4,7,10H2. The predicted octanol–water partition coefficient (Wildman–Crippen LogP) is 1.42. The molecule has 1 heterocycles. The Morgan fingerprint density at radius 1 is 1.28 bits per heavy atom. The predicted molar refractivity (Wildman–Crippen MR) is 68.2 cm³/mol. The van der Waals surface area contributed by atoms with Gasteiger partial charge in [-0.2, -0.15) is 0 Å². The monoisotopic (exact) mass is 270 g/mol. The number of nitrogens with zero attached hydrogens (tertiary/aromatic N) is 1. The number of aryl methyl sites for hydroxylation is 1. The molecule has 1 aliphatic carbocycles. The summed E-state index contributed by atoms with van der Waals surface area (Å²) in [6.07, 6.45) is 7.92. The van der Waals surface area contributed by atoms with Crippen LogP contribution in [0, 0.1) is 0 Å². The molecule has 1 aromatic rings. The van der Waals surface area contributed by atoms with E-state index in [0.29, 0.717) is 6.42 Å². The van der Waals surface area contributed by atoms with Gasteiger partial charge in [0.05, 0.1) is 11.9 Å². The van der Waals surface area contributed by atoms with E-state index in [2.05, 4.69) is 9.87 Å². The van der Waals surface area contributed by atoms with Crippen LogP contribution in [0.1, 0.15) is 31.2 Å². The fourth-order valence-corrected chi connectivity index (χ4v) is 2.86. The molecular weight excluding hydrogens is 252 g/mol. The Balaban J connectivity index is 1.76. The summed E-state index contributed by atoms with van der Waals surface area (Å²) in [5, 5.41) is 0. The van der Waals surface area contributed by atoms with Crippen LogP contribution in [0.4, 0.5) is 0 Å². The molecule has 2 rings (SSSR count). The molecule has 5 nitrogen and oxygen atoms in total. The van der Waals surface area contributed by atoms with Crippen molar-refractivity contribution in [3.05, 3.63) is 30.1 Å². The first-order valence-electron chi connectivity index (χ1n) is 6.20. The highest BCUT2D eigenvalue weighted by Crippen LogP contribution is 2.20. The Morgan fingerprint density at radius 3 is 2.61 bits per heavy atom. The Labute approximate surface area is 108 Å². The average Bonchev–Trinajstić information content (AvgIpc) is 2.89. The molecule has 100 valence electrons. The van der Waals surface area contributed by atoms with Crippen molar-refractivity contribution in [2.45, 2.75) is 38.2 Å². The number of aromatic nitrogens is 1. The van der Waals surface area contributed by atoms with Crippen LogP contribution in [0.2, 0.25) is 0 Å². The third-order valence-electron chi connectivity index (χ3n) is 3.05. The molecule has 0 unspecified atom stereocenters. The molecule has 0 aliphatic heterocycles. The maximum absolute atomic E-state index is 11.7. The van der Waals surface area contributed by atoms with Crippen LogP contribution in [0.15, 0.2) is 24.5 Å². The Kier molecular flexibility index (Phi) is 4.68.